The number of nitrogens with one attached hydrogen (secondary N) is 2. The van der Waals surface area contributed by atoms with E-state index in [2.05, 4.69) is 25.3 Å². The van der Waals surface area contributed by atoms with Gasteiger partial charge in [-0.25, -0.2) is 22.7 Å². The van der Waals surface area contributed by atoms with Gasteiger partial charge in [0.2, 0.25) is 16.0 Å². The molecule has 1 saturated heterocycles. The van der Waals surface area contributed by atoms with Crippen molar-refractivity contribution in [3.63, 3.8) is 0 Å². The Morgan fingerprint density at radius 3 is 2.53 bits per heavy atom. The summed E-state index contributed by atoms with van der Waals surface area (Å²) in [7, 11) is -1.45. The normalized spacial score (nSPS) is 15.7. The van der Waals surface area contributed by atoms with Crippen molar-refractivity contribution in [3.8, 4) is 5.75 Å². The maximum Gasteiger partial charge on any atom is 0.573 e. The molecule has 10 nitrogen and oxygen atoms in total. The second-order valence-corrected chi connectivity index (χ2v) is 11.9. The average molecular weight is 569 g/mol. The molecule has 1 aliphatic heterocycles. The molecule has 4 aromatic rings. The van der Waals surface area contributed by atoms with E-state index in [1.165, 1.54) is 28.8 Å². The second kappa shape index (κ2) is 9.71. The van der Waals surface area contributed by atoms with Gasteiger partial charge in [0.05, 0.1) is 27.5 Å². The Bertz CT molecular complexity index is 1630. The van der Waals surface area contributed by atoms with Crippen LogP contribution in [-0.4, -0.2) is 64.9 Å². The first kappa shape index (κ1) is 26.2. The van der Waals surface area contributed by atoms with Crippen LogP contribution in [0.4, 0.5) is 24.3 Å². The molecular formula is C23H23F3N6O4S2. The zero-order chi connectivity index (χ0) is 27.2. The molecule has 2 aromatic heterocycles. The van der Waals surface area contributed by atoms with Crippen LogP contribution in [0.1, 0.15) is 23.2 Å². The zero-order valence-electron chi connectivity index (χ0n) is 20.2. The lowest BCUT2D eigenvalue weighted by Crippen LogP contribution is -2.46. The number of imidazole rings is 1. The van der Waals surface area contributed by atoms with E-state index >= 15 is 0 Å². The number of benzene rings is 2. The highest BCUT2D eigenvalue weighted by Crippen LogP contribution is 2.33. The molecule has 38 heavy (non-hydrogen) atoms. The molecule has 1 aliphatic rings. The van der Waals surface area contributed by atoms with E-state index in [-0.39, 0.29) is 17.7 Å². The number of aryl methyl sites for hydroxylation is 1. The summed E-state index contributed by atoms with van der Waals surface area (Å²) in [6.07, 6.45) is -2.54. The van der Waals surface area contributed by atoms with Crippen molar-refractivity contribution in [2.75, 3.05) is 24.7 Å². The lowest BCUT2D eigenvalue weighted by atomic mass is 10.1. The summed E-state index contributed by atoms with van der Waals surface area (Å²) in [4.78, 5) is 21.8. The maximum absolute atomic E-state index is 12.8. The number of thiazole rings is 1. The van der Waals surface area contributed by atoms with Gasteiger partial charge in [0.1, 0.15) is 5.75 Å². The van der Waals surface area contributed by atoms with Gasteiger partial charge in [0.25, 0.3) is 5.91 Å². The topological polar surface area (TPSA) is 118 Å². The Kier molecular flexibility index (Phi) is 6.69. The van der Waals surface area contributed by atoms with Gasteiger partial charge in [-0.3, -0.25) is 4.79 Å². The number of halogens is 3. The third-order valence-electron chi connectivity index (χ3n) is 6.21. The molecule has 1 fully saturated rings. The highest BCUT2D eigenvalue weighted by molar-refractivity contribution is 7.88. The Hall–Kier alpha value is -3.43. The molecule has 0 unspecified atom stereocenters. The fourth-order valence-corrected chi connectivity index (χ4v) is 6.07. The average Bonchev–Trinajstić information content (AvgIpc) is 3.37. The smallest absolute Gasteiger partial charge is 0.406 e. The number of amides is 1. The van der Waals surface area contributed by atoms with Gasteiger partial charge in [-0.2, -0.15) is 0 Å². The zero-order valence-corrected chi connectivity index (χ0v) is 21.9. The molecule has 0 saturated carbocycles. The molecule has 0 atom stereocenters. The fourth-order valence-electron chi connectivity index (χ4n) is 4.30. The lowest BCUT2D eigenvalue weighted by molar-refractivity contribution is -0.274. The predicted octanol–water partition coefficient (Wildman–Crippen LogP) is 3.98. The first-order valence-electron chi connectivity index (χ1n) is 11.5. The van der Waals surface area contributed by atoms with Crippen LogP contribution in [0.3, 0.4) is 0 Å². The van der Waals surface area contributed by atoms with Crippen LogP contribution >= 0.6 is 11.3 Å². The van der Waals surface area contributed by atoms with Crippen LogP contribution in [0.5, 0.6) is 5.75 Å². The maximum atomic E-state index is 12.8. The molecule has 2 N–H and O–H groups in total. The van der Waals surface area contributed by atoms with Crippen molar-refractivity contribution in [3.05, 3.63) is 42.0 Å². The minimum Gasteiger partial charge on any atom is -0.406 e. The van der Waals surface area contributed by atoms with E-state index in [0.29, 0.717) is 58.3 Å². The predicted molar refractivity (Wildman–Crippen MR) is 137 cm³/mol. The van der Waals surface area contributed by atoms with Gasteiger partial charge in [-0.1, -0.05) is 11.3 Å². The van der Waals surface area contributed by atoms with Crippen molar-refractivity contribution in [1.29, 1.82) is 0 Å². The number of ether oxygens (including phenoxy) is 1. The number of carbonyl (C=O) groups excluding carboxylic acids is 1. The summed E-state index contributed by atoms with van der Waals surface area (Å²) >= 11 is 1.15. The van der Waals surface area contributed by atoms with Crippen molar-refractivity contribution >= 4 is 59.6 Å². The first-order valence-corrected chi connectivity index (χ1v) is 14.2. The minimum atomic E-state index is -4.78. The summed E-state index contributed by atoms with van der Waals surface area (Å²) < 4.78 is 68.6. The number of aromatic nitrogens is 3. The highest BCUT2D eigenvalue weighted by Gasteiger charge is 2.31. The number of hydrogen-bond donors (Lipinski definition) is 2. The Morgan fingerprint density at radius 2 is 1.84 bits per heavy atom. The van der Waals surface area contributed by atoms with Crippen LogP contribution in [-0.2, 0) is 17.1 Å². The van der Waals surface area contributed by atoms with Crippen molar-refractivity contribution in [2.45, 2.75) is 25.2 Å². The number of rotatable bonds is 6. The number of anilines is 2. The van der Waals surface area contributed by atoms with E-state index in [1.807, 2.05) is 0 Å². The minimum absolute atomic E-state index is 0.127. The number of alkyl halides is 3. The van der Waals surface area contributed by atoms with Crippen molar-refractivity contribution in [1.82, 2.24) is 24.2 Å². The van der Waals surface area contributed by atoms with Gasteiger partial charge >= 0.3 is 6.36 Å². The quantitative estimate of drug-likeness (QED) is 0.361. The van der Waals surface area contributed by atoms with Crippen LogP contribution in [0.25, 0.3) is 21.3 Å². The van der Waals surface area contributed by atoms with E-state index in [1.54, 1.807) is 29.8 Å². The van der Waals surface area contributed by atoms with E-state index < -0.39 is 16.4 Å². The van der Waals surface area contributed by atoms with Gasteiger partial charge in [0.15, 0.2) is 5.13 Å². The van der Waals surface area contributed by atoms with E-state index in [0.717, 1.165) is 16.9 Å². The largest absolute Gasteiger partial charge is 0.573 e. The molecule has 0 bridgehead atoms. The number of sulfonamides is 1. The Balaban J connectivity index is 1.29. The van der Waals surface area contributed by atoms with E-state index in [9.17, 15) is 26.4 Å². The molecule has 3 heterocycles. The molecule has 15 heteroatoms. The number of hydrogen-bond acceptors (Lipinski definition) is 8. The van der Waals surface area contributed by atoms with Crippen LogP contribution < -0.4 is 15.4 Å². The highest BCUT2D eigenvalue weighted by atomic mass is 32.2. The van der Waals surface area contributed by atoms with Crippen molar-refractivity contribution < 1.29 is 31.1 Å². The third kappa shape index (κ3) is 5.68. The summed E-state index contributed by atoms with van der Waals surface area (Å²) in [6, 6.07) is 8.93. The molecule has 5 rings (SSSR count). The van der Waals surface area contributed by atoms with Gasteiger partial charge in [-0.15, -0.1) is 13.2 Å². The van der Waals surface area contributed by atoms with Crippen LogP contribution in [0.15, 0.2) is 36.4 Å². The number of carbonyl (C=O) groups is 1. The number of nitrogens with zero attached hydrogens (tertiary/aromatic N) is 4. The van der Waals surface area contributed by atoms with Crippen LogP contribution in [0, 0.1) is 0 Å². The van der Waals surface area contributed by atoms with Gasteiger partial charge in [-0.05, 0) is 43.2 Å². The van der Waals surface area contributed by atoms with Crippen LogP contribution in [0.2, 0.25) is 0 Å². The third-order valence-corrected chi connectivity index (χ3v) is 8.45. The SMILES string of the molecule is Cn1c(Nc2nc3ccc(OC(F)(F)F)cc3s2)nc2cc(C(=O)NC3CCN(S(C)(=O)=O)CC3)ccc21. The number of piperidine rings is 1. The van der Waals surface area contributed by atoms with Crippen molar-refractivity contribution in [2.24, 2.45) is 7.05 Å². The summed E-state index contributed by atoms with van der Waals surface area (Å²) in [5.41, 5.74) is 2.25. The molecule has 202 valence electrons. The summed E-state index contributed by atoms with van der Waals surface area (Å²) in [5.74, 6) is -0.154. The van der Waals surface area contributed by atoms with Gasteiger partial charge in [0, 0.05) is 37.8 Å². The molecule has 2 aromatic carbocycles. The second-order valence-electron chi connectivity index (χ2n) is 8.93. The molecule has 1 amide bonds. The summed E-state index contributed by atoms with van der Waals surface area (Å²) in [5, 5.41) is 6.49. The lowest BCUT2D eigenvalue weighted by Gasteiger charge is -2.30. The molecule has 0 radical (unpaired) electrons. The number of fused-ring (bicyclic) bond motifs is 2. The molecule has 0 spiro atoms. The molecular weight excluding hydrogens is 545 g/mol. The Labute approximate surface area is 219 Å². The van der Waals surface area contributed by atoms with Gasteiger partial charge < -0.3 is 19.9 Å². The fraction of sp³-hybridized carbons (Fsp3) is 0.348. The standard InChI is InChI=1S/C23H23F3N6O4S2/c1-31-18-6-3-13(20(33)27-14-7-9-32(10-8-14)38(2,34)35)11-17(18)28-21(31)30-22-29-16-5-4-15(12-19(16)37-22)36-23(24,25)26/h3-6,11-12,14H,7-10H2,1-2H3,(H,27,33)(H,28,29,30). The Morgan fingerprint density at radius 1 is 1.11 bits per heavy atom. The molecule has 0 aliphatic carbocycles. The van der Waals surface area contributed by atoms with E-state index in [4.69, 9.17) is 0 Å². The first-order chi connectivity index (χ1) is 17.9. The monoisotopic (exact) mass is 568 g/mol. The summed E-state index contributed by atoms with van der Waals surface area (Å²) in [6.45, 7) is 0.723.